The Morgan fingerprint density at radius 3 is 2.91 bits per heavy atom. The molecule has 1 aliphatic rings. The summed E-state index contributed by atoms with van der Waals surface area (Å²) in [6.07, 6.45) is 0.837. The molecule has 2 heterocycles. The Hall–Kier alpha value is -1.17. The lowest BCUT2D eigenvalue weighted by atomic mass is 10.1. The maximum atomic E-state index is 12.8. The van der Waals surface area contributed by atoms with Gasteiger partial charge in [-0.2, -0.15) is 0 Å². The fourth-order valence-electron chi connectivity index (χ4n) is 3.02. The monoisotopic (exact) mass is 353 g/mol. The number of benzene rings is 1. The lowest BCUT2D eigenvalue weighted by Crippen LogP contribution is -2.34. The average molecular weight is 353 g/mol. The Bertz CT molecular complexity index is 732. The second-order valence-corrected chi connectivity index (χ2v) is 8.38. The van der Waals surface area contributed by atoms with E-state index in [2.05, 4.69) is 6.07 Å². The number of rotatable bonds is 5. The minimum atomic E-state index is -3.94. The van der Waals surface area contributed by atoms with Gasteiger partial charge in [0.2, 0.25) is 0 Å². The summed E-state index contributed by atoms with van der Waals surface area (Å²) in [5.41, 5.74) is 1.61. The third kappa shape index (κ3) is 3.37. The number of phenols is 1. The van der Waals surface area contributed by atoms with Crippen LogP contribution in [0.1, 0.15) is 28.7 Å². The average Bonchev–Trinajstić information content (AvgIpc) is 2.97. The molecule has 1 aromatic heterocycles. The first-order chi connectivity index (χ1) is 11.0. The summed E-state index contributed by atoms with van der Waals surface area (Å²) in [6, 6.07) is 8.73. The van der Waals surface area contributed by atoms with Gasteiger partial charge in [-0.15, -0.1) is 11.3 Å². The molecule has 2 atom stereocenters. The van der Waals surface area contributed by atoms with Gasteiger partial charge in [-0.1, -0.05) is 18.2 Å². The van der Waals surface area contributed by atoms with Gasteiger partial charge in [-0.05, 0) is 36.4 Å². The Balaban J connectivity index is 2.00. The molecule has 2 N–H and O–H groups in total. The maximum absolute atomic E-state index is 12.8. The molecular weight excluding hydrogens is 333 g/mol. The van der Waals surface area contributed by atoms with Crippen LogP contribution in [0.15, 0.2) is 35.7 Å². The van der Waals surface area contributed by atoms with Crippen molar-refractivity contribution >= 4 is 18.9 Å². The van der Waals surface area contributed by atoms with Gasteiger partial charge in [0, 0.05) is 23.5 Å². The Morgan fingerprint density at radius 1 is 1.39 bits per heavy atom. The Kier molecular flexibility index (Phi) is 4.90. The van der Waals surface area contributed by atoms with E-state index in [1.165, 1.54) is 16.5 Å². The predicted molar refractivity (Wildman–Crippen MR) is 90.7 cm³/mol. The Morgan fingerprint density at radius 2 is 2.17 bits per heavy atom. The molecule has 0 spiro atoms. The number of fused-ring (bicyclic) bond motifs is 1. The van der Waals surface area contributed by atoms with Crippen molar-refractivity contribution in [2.75, 3.05) is 13.2 Å². The lowest BCUT2D eigenvalue weighted by Gasteiger charge is -2.36. The van der Waals surface area contributed by atoms with E-state index in [4.69, 9.17) is 4.52 Å². The number of hydrogen-bond acceptors (Lipinski definition) is 5. The topological polar surface area (TPSA) is 70.0 Å². The standard InChI is InChI=1S/C16H20NO4PS/c1-2-21-22(19,20)16(13-5-3-4-6-14(13)18)17-9-7-15-12(11-17)8-10-23-15/h3-6,8,10,16,18H,2,7,9,11H2,1H3,(H,19,20). The van der Waals surface area contributed by atoms with Crippen LogP contribution in [-0.2, 0) is 22.1 Å². The molecule has 124 valence electrons. The van der Waals surface area contributed by atoms with Crippen LogP contribution < -0.4 is 0 Å². The molecule has 7 heteroatoms. The number of thiophene rings is 1. The second-order valence-electron chi connectivity index (χ2n) is 5.50. The fraction of sp³-hybridized carbons (Fsp3) is 0.375. The number of phenolic OH excluding ortho intramolecular Hbond substituents is 1. The predicted octanol–water partition coefficient (Wildman–Crippen LogP) is 3.73. The molecule has 0 saturated heterocycles. The molecule has 0 saturated carbocycles. The fourth-order valence-corrected chi connectivity index (χ4v) is 5.60. The van der Waals surface area contributed by atoms with Crippen LogP contribution in [-0.4, -0.2) is 28.1 Å². The highest BCUT2D eigenvalue weighted by Gasteiger charge is 2.41. The van der Waals surface area contributed by atoms with Crippen LogP contribution in [0.5, 0.6) is 5.75 Å². The molecule has 1 aliphatic heterocycles. The van der Waals surface area contributed by atoms with E-state index in [1.54, 1.807) is 36.5 Å². The highest BCUT2D eigenvalue weighted by atomic mass is 32.1. The number of nitrogens with zero attached hydrogens (tertiary/aromatic N) is 1. The highest BCUT2D eigenvalue weighted by Crippen LogP contribution is 2.60. The molecule has 0 radical (unpaired) electrons. The van der Waals surface area contributed by atoms with Crippen molar-refractivity contribution in [3.63, 3.8) is 0 Å². The third-order valence-corrected chi connectivity index (χ3v) is 6.90. The van der Waals surface area contributed by atoms with Crippen LogP contribution >= 0.6 is 18.9 Å². The van der Waals surface area contributed by atoms with Gasteiger partial charge in [-0.3, -0.25) is 9.46 Å². The van der Waals surface area contributed by atoms with E-state index in [1.807, 2.05) is 10.3 Å². The molecule has 0 bridgehead atoms. The van der Waals surface area contributed by atoms with Gasteiger partial charge in [0.25, 0.3) is 0 Å². The van der Waals surface area contributed by atoms with Gasteiger partial charge in [0.1, 0.15) is 11.5 Å². The van der Waals surface area contributed by atoms with Crippen molar-refractivity contribution in [1.82, 2.24) is 4.90 Å². The zero-order valence-corrected chi connectivity index (χ0v) is 14.6. The largest absolute Gasteiger partial charge is 0.508 e. The van der Waals surface area contributed by atoms with E-state index in [0.717, 1.165) is 6.42 Å². The summed E-state index contributed by atoms with van der Waals surface area (Å²) in [4.78, 5) is 13.7. The third-order valence-electron chi connectivity index (χ3n) is 4.02. The van der Waals surface area contributed by atoms with Crippen LogP contribution in [0.2, 0.25) is 0 Å². The van der Waals surface area contributed by atoms with Crippen molar-refractivity contribution in [2.45, 2.75) is 25.7 Å². The summed E-state index contributed by atoms with van der Waals surface area (Å²) in [5, 5.41) is 12.2. The van der Waals surface area contributed by atoms with Crippen LogP contribution in [0.25, 0.3) is 0 Å². The first-order valence-corrected chi connectivity index (χ1v) is 10.1. The Labute approximate surface area is 139 Å². The van der Waals surface area contributed by atoms with Crippen LogP contribution in [0.4, 0.5) is 0 Å². The second kappa shape index (κ2) is 6.75. The summed E-state index contributed by atoms with van der Waals surface area (Å²) in [7, 11) is -3.94. The van der Waals surface area contributed by atoms with Crippen molar-refractivity contribution in [3.8, 4) is 5.75 Å². The molecule has 1 aromatic carbocycles. The summed E-state index contributed by atoms with van der Waals surface area (Å²) in [5.74, 6) is -0.848. The molecule has 2 unspecified atom stereocenters. The minimum Gasteiger partial charge on any atom is -0.508 e. The highest BCUT2D eigenvalue weighted by molar-refractivity contribution is 7.53. The van der Waals surface area contributed by atoms with Gasteiger partial charge in [0.15, 0.2) is 0 Å². The van der Waals surface area contributed by atoms with E-state index >= 15 is 0 Å². The van der Waals surface area contributed by atoms with E-state index in [-0.39, 0.29) is 12.4 Å². The van der Waals surface area contributed by atoms with Crippen LogP contribution in [0.3, 0.4) is 0 Å². The molecule has 3 rings (SSSR count). The zero-order chi connectivity index (χ0) is 16.4. The molecule has 0 amide bonds. The summed E-state index contributed by atoms with van der Waals surface area (Å²) in [6.45, 7) is 3.08. The molecule has 0 aliphatic carbocycles. The van der Waals surface area contributed by atoms with Crippen molar-refractivity contribution < 1.29 is 19.1 Å². The van der Waals surface area contributed by atoms with E-state index in [0.29, 0.717) is 18.7 Å². The number of hydrogen-bond donors (Lipinski definition) is 2. The van der Waals surface area contributed by atoms with E-state index in [9.17, 15) is 14.6 Å². The number of aromatic hydroxyl groups is 1. The van der Waals surface area contributed by atoms with Crippen molar-refractivity contribution in [1.29, 1.82) is 0 Å². The first-order valence-electron chi connectivity index (χ1n) is 7.57. The van der Waals surface area contributed by atoms with E-state index < -0.39 is 13.4 Å². The maximum Gasteiger partial charge on any atom is 0.349 e. The normalized spacial score (nSPS) is 19.0. The minimum absolute atomic E-state index is 0.0163. The zero-order valence-electron chi connectivity index (χ0n) is 12.9. The molecule has 23 heavy (non-hydrogen) atoms. The smallest absolute Gasteiger partial charge is 0.349 e. The van der Waals surface area contributed by atoms with Crippen molar-refractivity contribution in [3.05, 3.63) is 51.7 Å². The van der Waals surface area contributed by atoms with Gasteiger partial charge in [-0.25, -0.2) is 0 Å². The number of para-hydroxylation sites is 1. The lowest BCUT2D eigenvalue weighted by molar-refractivity contribution is 0.177. The van der Waals surface area contributed by atoms with Gasteiger partial charge < -0.3 is 14.5 Å². The SMILES string of the molecule is CCOP(=O)(O)C(c1ccccc1O)N1CCc2sccc2C1. The van der Waals surface area contributed by atoms with Gasteiger partial charge >= 0.3 is 7.60 Å². The first kappa shape index (κ1) is 16.7. The van der Waals surface area contributed by atoms with Crippen LogP contribution in [0, 0.1) is 0 Å². The quantitative estimate of drug-likeness (QED) is 0.802. The molecule has 0 fully saturated rings. The summed E-state index contributed by atoms with van der Waals surface area (Å²) < 4.78 is 18.0. The van der Waals surface area contributed by atoms with Gasteiger partial charge in [0.05, 0.1) is 6.61 Å². The molecule has 5 nitrogen and oxygen atoms in total. The van der Waals surface area contributed by atoms with Crippen molar-refractivity contribution in [2.24, 2.45) is 0 Å². The molecular formula is C16H20NO4PS. The molecule has 2 aromatic rings. The summed E-state index contributed by atoms with van der Waals surface area (Å²) >= 11 is 1.72.